The predicted molar refractivity (Wildman–Crippen MR) is 121 cm³/mol. The molecule has 5 aliphatic rings. The average molecular weight is 493 g/mol. The minimum atomic E-state index is -0.838. The molecule has 5 aliphatic heterocycles. The van der Waals surface area contributed by atoms with Crippen molar-refractivity contribution in [2.45, 2.75) is 36.6 Å². The van der Waals surface area contributed by atoms with Gasteiger partial charge in [0.2, 0.25) is 0 Å². The number of Topliss-reactive ketones (excluding diaryl/α,β-unsaturated/α-hetero) is 1. The second-order valence-electron chi connectivity index (χ2n) is 9.01. The Hall–Kier alpha value is 0.480. The van der Waals surface area contributed by atoms with Crippen molar-refractivity contribution in [2.24, 2.45) is 23.7 Å². The molecule has 0 amide bonds. The molecule has 10 heteroatoms. The van der Waals surface area contributed by atoms with Crippen LogP contribution in [0.15, 0.2) is 0 Å². The second kappa shape index (κ2) is 9.62. The van der Waals surface area contributed by atoms with Gasteiger partial charge in [-0.1, -0.05) is 0 Å². The fourth-order valence-electron chi connectivity index (χ4n) is 5.71. The van der Waals surface area contributed by atoms with Gasteiger partial charge in [0.1, 0.15) is 5.78 Å². The molecule has 2 N–H and O–H groups in total. The van der Waals surface area contributed by atoms with E-state index in [-0.39, 0.29) is 17.6 Å². The summed E-state index contributed by atoms with van der Waals surface area (Å²) in [5.74, 6) is 1.33. The number of carbonyl (C=O) groups excluding carboxylic acids is 1. The maximum atomic E-state index is 13.6. The number of aliphatic hydroxyl groups excluding tert-OH is 2. The van der Waals surface area contributed by atoms with E-state index >= 15 is 0 Å². The van der Waals surface area contributed by atoms with E-state index in [4.69, 9.17) is 18.9 Å². The molecule has 176 valence electrons. The van der Waals surface area contributed by atoms with Crippen LogP contribution >= 0.6 is 35.3 Å². The van der Waals surface area contributed by atoms with Gasteiger partial charge in [-0.05, 0) is 11.5 Å². The Bertz CT molecular complexity index is 601. The lowest BCUT2D eigenvalue weighted by Crippen LogP contribution is -2.57. The molecule has 0 unspecified atom stereocenters. The Morgan fingerprint density at radius 2 is 1.13 bits per heavy atom. The molecule has 0 aromatic carbocycles. The molecular formula is C21H32O7S3. The van der Waals surface area contributed by atoms with E-state index in [1.807, 2.05) is 0 Å². The van der Waals surface area contributed by atoms with Gasteiger partial charge in [0, 0.05) is 47.7 Å². The number of carbonyl (C=O) groups is 1. The van der Waals surface area contributed by atoms with Crippen LogP contribution in [0.3, 0.4) is 0 Å². The van der Waals surface area contributed by atoms with Crippen molar-refractivity contribution in [1.29, 1.82) is 0 Å². The molecule has 5 rings (SSSR count). The van der Waals surface area contributed by atoms with Crippen molar-refractivity contribution in [3.05, 3.63) is 0 Å². The lowest BCUT2D eigenvalue weighted by atomic mass is 9.76. The molecule has 0 aromatic heterocycles. The Labute approximate surface area is 196 Å². The number of hydrogen-bond donors (Lipinski definition) is 2. The number of ether oxygens (including phenoxy) is 4. The molecule has 0 aliphatic carbocycles. The van der Waals surface area contributed by atoms with E-state index in [0.717, 1.165) is 24.3 Å². The minimum Gasteiger partial charge on any atom is -0.392 e. The second-order valence-corrected chi connectivity index (χ2v) is 12.4. The van der Waals surface area contributed by atoms with Crippen molar-refractivity contribution in [2.75, 3.05) is 60.9 Å². The summed E-state index contributed by atoms with van der Waals surface area (Å²) in [6, 6.07) is 0. The standard InChI is InChI=1S/C21H32O7S3/c22-17-13(18(23)15-11-29-7-1-20(15)25-3-4-26-20)9-31-10-14(17)19(24)16-12-30-8-2-21(16)27-5-6-28-21/h13-16,18-19,23-24H,1-12H2/t13-,14-,15-,16-,18+,19+/m0/s1. The number of ketones is 1. The molecule has 31 heavy (non-hydrogen) atoms. The predicted octanol–water partition coefficient (Wildman–Crippen LogP) is 1.25. The van der Waals surface area contributed by atoms with Gasteiger partial charge in [-0.2, -0.15) is 35.3 Å². The highest BCUT2D eigenvalue weighted by Crippen LogP contribution is 2.46. The van der Waals surface area contributed by atoms with Gasteiger partial charge in [0.25, 0.3) is 0 Å². The summed E-state index contributed by atoms with van der Waals surface area (Å²) in [4.78, 5) is 13.6. The molecule has 5 heterocycles. The van der Waals surface area contributed by atoms with Gasteiger partial charge in [-0.25, -0.2) is 0 Å². The summed E-state index contributed by atoms with van der Waals surface area (Å²) >= 11 is 5.20. The number of hydrogen-bond acceptors (Lipinski definition) is 10. The molecule has 0 radical (unpaired) electrons. The van der Waals surface area contributed by atoms with Gasteiger partial charge in [-0.15, -0.1) is 0 Å². The third-order valence-electron chi connectivity index (χ3n) is 7.44. The zero-order valence-corrected chi connectivity index (χ0v) is 20.1. The normalized spacial score (nSPS) is 39.7. The van der Waals surface area contributed by atoms with E-state index < -0.39 is 35.6 Å². The SMILES string of the molecule is O=C1[C@@H]([C@@H](O)[C@@H]2CSCCC23OCCO3)CSC[C@@H]1[C@@H](O)[C@@H]1CSCCC12OCCO2. The van der Waals surface area contributed by atoms with Crippen LogP contribution in [0.2, 0.25) is 0 Å². The monoisotopic (exact) mass is 492 g/mol. The maximum Gasteiger partial charge on any atom is 0.175 e. The highest BCUT2D eigenvalue weighted by molar-refractivity contribution is 7.99. The largest absolute Gasteiger partial charge is 0.392 e. The summed E-state index contributed by atoms with van der Waals surface area (Å²) < 4.78 is 23.9. The highest BCUT2D eigenvalue weighted by atomic mass is 32.2. The summed E-state index contributed by atoms with van der Waals surface area (Å²) in [6.07, 6.45) is -0.212. The molecule has 5 fully saturated rings. The first kappa shape index (κ1) is 23.2. The molecule has 5 saturated heterocycles. The zero-order valence-electron chi connectivity index (χ0n) is 17.6. The third kappa shape index (κ3) is 4.23. The topological polar surface area (TPSA) is 94.5 Å². The smallest absolute Gasteiger partial charge is 0.175 e. The van der Waals surface area contributed by atoms with Crippen molar-refractivity contribution in [1.82, 2.24) is 0 Å². The fraction of sp³-hybridized carbons (Fsp3) is 0.952. The van der Waals surface area contributed by atoms with Crippen LogP contribution in [0, 0.1) is 23.7 Å². The van der Waals surface area contributed by atoms with Gasteiger partial charge in [-0.3, -0.25) is 4.79 Å². The van der Waals surface area contributed by atoms with E-state index in [9.17, 15) is 15.0 Å². The first-order valence-electron chi connectivity index (χ1n) is 11.3. The van der Waals surface area contributed by atoms with E-state index in [0.29, 0.717) is 49.4 Å². The van der Waals surface area contributed by atoms with Crippen LogP contribution in [-0.2, 0) is 23.7 Å². The summed E-state index contributed by atoms with van der Waals surface area (Å²) in [5, 5.41) is 22.7. The Balaban J connectivity index is 1.32. The molecule has 7 nitrogen and oxygen atoms in total. The lowest BCUT2D eigenvalue weighted by molar-refractivity contribution is -0.221. The van der Waals surface area contributed by atoms with Crippen molar-refractivity contribution in [3.8, 4) is 0 Å². The van der Waals surface area contributed by atoms with E-state index in [1.54, 1.807) is 35.3 Å². The number of rotatable bonds is 4. The lowest BCUT2D eigenvalue weighted by Gasteiger charge is -2.46. The number of thioether (sulfide) groups is 3. The average Bonchev–Trinajstić information content (AvgIpc) is 3.44. The van der Waals surface area contributed by atoms with Gasteiger partial charge in [0.05, 0.1) is 50.5 Å². The quantitative estimate of drug-likeness (QED) is 0.597. The van der Waals surface area contributed by atoms with Gasteiger partial charge in [0.15, 0.2) is 11.6 Å². The van der Waals surface area contributed by atoms with Gasteiger partial charge < -0.3 is 29.2 Å². The van der Waals surface area contributed by atoms with Crippen LogP contribution in [0.5, 0.6) is 0 Å². The van der Waals surface area contributed by atoms with Crippen molar-refractivity contribution < 1.29 is 34.0 Å². The molecule has 0 bridgehead atoms. The molecule has 0 aromatic rings. The van der Waals surface area contributed by atoms with Gasteiger partial charge >= 0.3 is 0 Å². The molecular weight excluding hydrogens is 460 g/mol. The third-order valence-corrected chi connectivity index (χ3v) is 10.8. The van der Waals surface area contributed by atoms with Crippen molar-refractivity contribution in [3.63, 3.8) is 0 Å². The van der Waals surface area contributed by atoms with Crippen LogP contribution in [0.25, 0.3) is 0 Å². The summed E-state index contributed by atoms with van der Waals surface area (Å²) in [7, 11) is 0. The first-order chi connectivity index (χ1) is 15.1. The maximum absolute atomic E-state index is 13.6. The first-order valence-corrected chi connectivity index (χ1v) is 14.7. The van der Waals surface area contributed by atoms with Crippen LogP contribution < -0.4 is 0 Å². The van der Waals surface area contributed by atoms with Crippen LogP contribution in [0.4, 0.5) is 0 Å². The zero-order chi connectivity index (χ0) is 21.5. The fourth-order valence-corrected chi connectivity index (χ4v) is 9.67. The Kier molecular flexibility index (Phi) is 7.21. The molecule has 6 atom stereocenters. The van der Waals surface area contributed by atoms with Crippen LogP contribution in [-0.4, -0.2) is 101 Å². The summed E-state index contributed by atoms with van der Waals surface area (Å²) in [6.45, 7) is 2.13. The minimum absolute atomic E-state index is 0.0359. The van der Waals surface area contributed by atoms with E-state index in [1.165, 1.54) is 0 Å². The number of aliphatic hydroxyl groups is 2. The summed E-state index contributed by atoms with van der Waals surface area (Å²) in [5.41, 5.74) is 0. The van der Waals surface area contributed by atoms with Crippen molar-refractivity contribution >= 4 is 41.1 Å². The van der Waals surface area contributed by atoms with Crippen LogP contribution in [0.1, 0.15) is 12.8 Å². The highest BCUT2D eigenvalue weighted by Gasteiger charge is 2.56. The molecule has 2 spiro atoms. The Morgan fingerprint density at radius 3 is 1.55 bits per heavy atom. The van der Waals surface area contributed by atoms with E-state index in [2.05, 4.69) is 0 Å². The molecule has 0 saturated carbocycles. The Morgan fingerprint density at radius 1 is 0.710 bits per heavy atom.